The van der Waals surface area contributed by atoms with E-state index < -0.39 is 7.12 Å². The molecule has 0 aromatic heterocycles. The average Bonchev–Trinajstić information content (AvgIpc) is 2.71. The van der Waals surface area contributed by atoms with Crippen LogP contribution in [0.1, 0.15) is 18.1 Å². The minimum atomic E-state index is -1.62. The van der Waals surface area contributed by atoms with Gasteiger partial charge in [-0.05, 0) is 30.6 Å². The van der Waals surface area contributed by atoms with E-state index in [1.54, 1.807) is 37.3 Å². The van der Waals surface area contributed by atoms with Gasteiger partial charge in [-0.2, -0.15) is 0 Å². The summed E-state index contributed by atoms with van der Waals surface area (Å²) in [5, 5.41) is 35.9. The van der Waals surface area contributed by atoms with E-state index in [0.29, 0.717) is 27.4 Å². The minimum absolute atomic E-state index is 0.111. The van der Waals surface area contributed by atoms with Crippen molar-refractivity contribution in [1.82, 2.24) is 0 Å². The highest BCUT2D eigenvalue weighted by molar-refractivity contribution is 6.58. The van der Waals surface area contributed by atoms with Crippen LogP contribution in [0.25, 0.3) is 0 Å². The second-order valence-electron chi connectivity index (χ2n) is 5.69. The van der Waals surface area contributed by atoms with Gasteiger partial charge in [0.15, 0.2) is 0 Å². The molecule has 0 aliphatic carbocycles. The van der Waals surface area contributed by atoms with Crippen LogP contribution in [0.15, 0.2) is 47.5 Å². The van der Waals surface area contributed by atoms with Crippen LogP contribution >= 0.6 is 11.6 Å². The third kappa shape index (κ3) is 3.35. The SMILES string of the molecule is CC(=N)N1C(=N)CN=C(c2ccc(Cl)cc2)c2cc(B(O)O)ccc21. The fraction of sp³-hybridized carbons (Fsp3) is 0.118. The van der Waals surface area contributed by atoms with Crippen molar-refractivity contribution in [2.45, 2.75) is 6.92 Å². The molecule has 1 aliphatic rings. The summed E-state index contributed by atoms with van der Waals surface area (Å²) in [5.41, 5.74) is 2.96. The Labute approximate surface area is 150 Å². The van der Waals surface area contributed by atoms with Gasteiger partial charge in [-0.1, -0.05) is 35.9 Å². The normalized spacial score (nSPS) is 13.8. The van der Waals surface area contributed by atoms with Crippen molar-refractivity contribution < 1.29 is 10.0 Å². The summed E-state index contributed by atoms with van der Waals surface area (Å²) in [6.45, 7) is 1.71. The highest BCUT2D eigenvalue weighted by atomic mass is 35.5. The molecule has 0 atom stereocenters. The van der Waals surface area contributed by atoms with Gasteiger partial charge in [0, 0.05) is 16.1 Å². The molecule has 3 rings (SSSR count). The van der Waals surface area contributed by atoms with Crippen LogP contribution < -0.4 is 10.4 Å². The molecule has 8 heteroatoms. The van der Waals surface area contributed by atoms with Crippen molar-refractivity contribution >= 4 is 47.3 Å². The third-order valence-electron chi connectivity index (χ3n) is 3.92. The van der Waals surface area contributed by atoms with Crippen LogP contribution in [-0.4, -0.2) is 41.1 Å². The van der Waals surface area contributed by atoms with Crippen LogP contribution in [-0.2, 0) is 0 Å². The number of nitrogens with zero attached hydrogens (tertiary/aromatic N) is 2. The van der Waals surface area contributed by atoms with E-state index in [1.807, 2.05) is 12.1 Å². The molecule has 0 spiro atoms. The van der Waals surface area contributed by atoms with Gasteiger partial charge < -0.3 is 10.0 Å². The number of fused-ring (bicyclic) bond motifs is 1. The number of benzene rings is 2. The quantitative estimate of drug-likeness (QED) is 0.374. The van der Waals surface area contributed by atoms with E-state index in [9.17, 15) is 10.0 Å². The molecule has 1 aliphatic heterocycles. The Hall–Kier alpha value is -2.48. The molecule has 6 nitrogen and oxygen atoms in total. The first-order chi connectivity index (χ1) is 11.9. The standard InChI is InChI=1S/C17H16BClN4O2/c1-10(20)23-15-7-4-12(18(24)25)8-14(15)17(22-9-16(23)21)11-2-5-13(19)6-3-11/h2-8,20-21,24-25H,9H2,1H3. The first-order valence-corrected chi connectivity index (χ1v) is 8.00. The molecule has 0 amide bonds. The van der Waals surface area contributed by atoms with E-state index in [-0.39, 0.29) is 18.2 Å². The molecule has 0 saturated carbocycles. The Bertz CT molecular complexity index is 881. The number of benzodiazepines with no additional fused rings is 1. The van der Waals surface area contributed by atoms with Gasteiger partial charge in [0.1, 0.15) is 11.7 Å². The molecule has 0 bridgehead atoms. The topological polar surface area (TPSA) is 104 Å². The molecule has 0 radical (unpaired) electrons. The van der Waals surface area contributed by atoms with Gasteiger partial charge in [0.25, 0.3) is 0 Å². The summed E-state index contributed by atoms with van der Waals surface area (Å²) in [6.07, 6.45) is 0. The van der Waals surface area contributed by atoms with Gasteiger partial charge >= 0.3 is 7.12 Å². The van der Waals surface area contributed by atoms with Gasteiger partial charge in [-0.25, -0.2) is 0 Å². The molecular formula is C17H16BClN4O2. The molecule has 0 fully saturated rings. The first-order valence-electron chi connectivity index (χ1n) is 7.62. The summed E-state index contributed by atoms with van der Waals surface area (Å²) in [6, 6.07) is 12.0. The summed E-state index contributed by atoms with van der Waals surface area (Å²) in [7, 11) is -1.62. The number of hydrogen-bond donors (Lipinski definition) is 4. The Kier molecular flexibility index (Phi) is 4.72. The molecule has 126 valence electrons. The Balaban J connectivity index is 2.24. The van der Waals surface area contributed by atoms with E-state index in [0.717, 1.165) is 5.56 Å². The number of nitrogens with one attached hydrogen (secondary N) is 2. The monoisotopic (exact) mass is 354 g/mol. The lowest BCUT2D eigenvalue weighted by Crippen LogP contribution is -2.37. The maximum atomic E-state index is 9.52. The number of halogens is 1. The maximum Gasteiger partial charge on any atom is 0.488 e. The van der Waals surface area contributed by atoms with Gasteiger partial charge in [0.05, 0.1) is 17.9 Å². The zero-order valence-electron chi connectivity index (χ0n) is 13.5. The van der Waals surface area contributed by atoms with Crippen LogP contribution in [0.4, 0.5) is 5.69 Å². The first kappa shape index (κ1) is 17.4. The number of aliphatic imine (C=N–C) groups is 1. The van der Waals surface area contributed by atoms with Crippen molar-refractivity contribution in [3.8, 4) is 0 Å². The average molecular weight is 355 g/mol. The molecular weight excluding hydrogens is 338 g/mol. The number of anilines is 1. The van der Waals surface area contributed by atoms with Crippen molar-refractivity contribution in [3.05, 3.63) is 58.6 Å². The summed E-state index contributed by atoms with van der Waals surface area (Å²) in [5.74, 6) is 0.367. The smallest absolute Gasteiger partial charge is 0.423 e. The number of hydrogen-bond acceptors (Lipinski definition) is 5. The molecule has 4 N–H and O–H groups in total. The lowest BCUT2D eigenvalue weighted by Gasteiger charge is -2.24. The van der Waals surface area contributed by atoms with Crippen molar-refractivity contribution in [3.63, 3.8) is 0 Å². The second kappa shape index (κ2) is 6.80. The summed E-state index contributed by atoms with van der Waals surface area (Å²) >= 11 is 5.96. The Morgan fingerprint density at radius 2 is 1.88 bits per heavy atom. The van der Waals surface area contributed by atoms with Crippen molar-refractivity contribution in [2.75, 3.05) is 11.4 Å². The van der Waals surface area contributed by atoms with Crippen molar-refractivity contribution in [1.29, 1.82) is 10.8 Å². The van der Waals surface area contributed by atoms with E-state index in [4.69, 9.17) is 22.4 Å². The third-order valence-corrected chi connectivity index (χ3v) is 4.18. The fourth-order valence-corrected chi connectivity index (χ4v) is 2.92. The van der Waals surface area contributed by atoms with Crippen LogP contribution in [0.2, 0.25) is 5.02 Å². The summed E-state index contributed by atoms with van der Waals surface area (Å²) < 4.78 is 0. The molecule has 25 heavy (non-hydrogen) atoms. The molecule has 1 heterocycles. The molecule has 2 aromatic rings. The predicted octanol–water partition coefficient (Wildman–Crippen LogP) is 1.65. The number of rotatable bonds is 2. The van der Waals surface area contributed by atoms with Crippen LogP contribution in [0.5, 0.6) is 0 Å². The number of amidine groups is 2. The zero-order valence-corrected chi connectivity index (χ0v) is 14.2. The van der Waals surface area contributed by atoms with E-state index >= 15 is 0 Å². The van der Waals surface area contributed by atoms with Gasteiger partial charge in [0.2, 0.25) is 0 Å². The second-order valence-corrected chi connectivity index (χ2v) is 6.13. The Morgan fingerprint density at radius 3 is 2.48 bits per heavy atom. The minimum Gasteiger partial charge on any atom is -0.423 e. The lowest BCUT2D eigenvalue weighted by atomic mass is 9.78. The largest absolute Gasteiger partial charge is 0.488 e. The van der Waals surface area contributed by atoms with Crippen LogP contribution in [0.3, 0.4) is 0 Å². The summed E-state index contributed by atoms with van der Waals surface area (Å²) in [4.78, 5) is 6.02. The molecule has 0 unspecified atom stereocenters. The van der Waals surface area contributed by atoms with Crippen LogP contribution in [0, 0.1) is 10.8 Å². The molecule has 0 saturated heterocycles. The van der Waals surface area contributed by atoms with Gasteiger partial charge in [-0.15, -0.1) is 0 Å². The Morgan fingerprint density at radius 1 is 1.20 bits per heavy atom. The van der Waals surface area contributed by atoms with E-state index in [1.165, 1.54) is 4.90 Å². The zero-order chi connectivity index (χ0) is 18.1. The highest BCUT2D eigenvalue weighted by Crippen LogP contribution is 2.27. The fourth-order valence-electron chi connectivity index (χ4n) is 2.79. The highest BCUT2D eigenvalue weighted by Gasteiger charge is 2.26. The predicted molar refractivity (Wildman–Crippen MR) is 102 cm³/mol. The van der Waals surface area contributed by atoms with Gasteiger partial charge in [-0.3, -0.25) is 20.7 Å². The molecule has 2 aromatic carbocycles. The lowest BCUT2D eigenvalue weighted by molar-refractivity contribution is 0.426. The maximum absolute atomic E-state index is 9.52. The van der Waals surface area contributed by atoms with Crippen molar-refractivity contribution in [2.24, 2.45) is 4.99 Å². The van der Waals surface area contributed by atoms with E-state index in [2.05, 4.69) is 4.99 Å².